The van der Waals surface area contributed by atoms with E-state index in [1.165, 1.54) is 0 Å². The van der Waals surface area contributed by atoms with Crippen molar-refractivity contribution in [2.24, 2.45) is 0 Å². The molecule has 0 aliphatic heterocycles. The van der Waals surface area contributed by atoms with Gasteiger partial charge in [0.2, 0.25) is 5.95 Å². The Morgan fingerprint density at radius 1 is 1.33 bits per heavy atom. The zero-order valence-corrected chi connectivity index (χ0v) is 7.23. The Hall–Kier alpha value is -1.51. The molecule has 0 unspecified atom stereocenters. The first kappa shape index (κ1) is 7.16. The lowest BCUT2D eigenvalue weighted by Gasteiger charge is -2.09. The fourth-order valence-corrected chi connectivity index (χ4v) is 1.26. The Morgan fingerprint density at radius 2 is 2.17 bits per heavy atom. The summed E-state index contributed by atoms with van der Waals surface area (Å²) >= 11 is 0. The molecule has 0 fully saturated rings. The van der Waals surface area contributed by atoms with Gasteiger partial charge >= 0.3 is 0 Å². The Balaban J connectivity index is 2.70. The van der Waals surface area contributed by atoms with Crippen LogP contribution >= 0.6 is 0 Å². The van der Waals surface area contributed by atoms with Crippen LogP contribution in [0.1, 0.15) is 0 Å². The molecule has 0 aliphatic carbocycles. The lowest BCUT2D eigenvalue weighted by Crippen LogP contribution is -2.12. The van der Waals surface area contributed by atoms with Crippen LogP contribution in [-0.2, 0) is 0 Å². The van der Waals surface area contributed by atoms with Crippen molar-refractivity contribution in [1.29, 1.82) is 0 Å². The molecule has 0 aliphatic rings. The van der Waals surface area contributed by atoms with E-state index in [1.807, 2.05) is 49.6 Å². The molecular formula is C9H11N3. The second kappa shape index (κ2) is 2.52. The summed E-state index contributed by atoms with van der Waals surface area (Å²) in [5.41, 5.74) is 1.13. The van der Waals surface area contributed by atoms with Crippen LogP contribution in [0.5, 0.6) is 0 Å². The highest BCUT2D eigenvalue weighted by Crippen LogP contribution is 2.11. The van der Waals surface area contributed by atoms with Crippen molar-refractivity contribution in [2.45, 2.75) is 0 Å². The highest BCUT2D eigenvalue weighted by atomic mass is 15.2. The normalized spacial score (nSPS) is 10.5. The molecule has 3 nitrogen and oxygen atoms in total. The van der Waals surface area contributed by atoms with Crippen LogP contribution in [0, 0.1) is 0 Å². The van der Waals surface area contributed by atoms with Crippen molar-refractivity contribution < 1.29 is 0 Å². The molecule has 62 valence electrons. The summed E-state index contributed by atoms with van der Waals surface area (Å²) < 4.78 is 2.06. The third-order valence-electron chi connectivity index (χ3n) is 1.82. The maximum atomic E-state index is 4.28. The molecule has 12 heavy (non-hydrogen) atoms. The van der Waals surface area contributed by atoms with E-state index < -0.39 is 0 Å². The Bertz CT molecular complexity index is 389. The molecule has 0 saturated heterocycles. The predicted octanol–water partition coefficient (Wildman–Crippen LogP) is 1.40. The predicted molar refractivity (Wildman–Crippen MR) is 49.5 cm³/mol. The Kier molecular flexibility index (Phi) is 1.50. The molecule has 0 bridgehead atoms. The smallest absolute Gasteiger partial charge is 0.209 e. The van der Waals surface area contributed by atoms with Crippen LogP contribution < -0.4 is 4.90 Å². The summed E-state index contributed by atoms with van der Waals surface area (Å²) in [6.45, 7) is 0. The van der Waals surface area contributed by atoms with Crippen LogP contribution in [0.25, 0.3) is 5.52 Å². The summed E-state index contributed by atoms with van der Waals surface area (Å²) in [6, 6.07) is 6.05. The number of anilines is 1. The number of aromatic nitrogens is 2. The Morgan fingerprint density at radius 3 is 2.92 bits per heavy atom. The number of rotatable bonds is 1. The van der Waals surface area contributed by atoms with Crippen LogP contribution in [0.2, 0.25) is 0 Å². The van der Waals surface area contributed by atoms with Crippen molar-refractivity contribution in [3.05, 3.63) is 30.6 Å². The van der Waals surface area contributed by atoms with E-state index in [-0.39, 0.29) is 0 Å². The van der Waals surface area contributed by atoms with Crippen LogP contribution in [0.3, 0.4) is 0 Å². The lowest BCUT2D eigenvalue weighted by molar-refractivity contribution is 0.994. The maximum Gasteiger partial charge on any atom is 0.209 e. The molecule has 3 heteroatoms. The van der Waals surface area contributed by atoms with Crippen molar-refractivity contribution in [1.82, 2.24) is 9.38 Å². The van der Waals surface area contributed by atoms with E-state index in [9.17, 15) is 0 Å². The van der Waals surface area contributed by atoms with Gasteiger partial charge in [-0.2, -0.15) is 0 Å². The van der Waals surface area contributed by atoms with Crippen LogP contribution in [0.4, 0.5) is 5.95 Å². The summed E-state index contributed by atoms with van der Waals surface area (Å²) in [5, 5.41) is 0. The summed E-state index contributed by atoms with van der Waals surface area (Å²) in [5.74, 6) is 0.964. The first-order valence-electron chi connectivity index (χ1n) is 3.88. The molecule has 0 atom stereocenters. The summed E-state index contributed by atoms with van der Waals surface area (Å²) in [7, 11) is 3.98. The molecule has 2 aromatic rings. The van der Waals surface area contributed by atoms with Crippen LogP contribution in [0.15, 0.2) is 30.6 Å². The van der Waals surface area contributed by atoms with Crippen LogP contribution in [-0.4, -0.2) is 23.5 Å². The van der Waals surface area contributed by atoms with E-state index >= 15 is 0 Å². The highest BCUT2D eigenvalue weighted by Gasteiger charge is 2.02. The third kappa shape index (κ3) is 0.942. The van der Waals surface area contributed by atoms with E-state index in [0.717, 1.165) is 11.5 Å². The van der Waals surface area contributed by atoms with Gasteiger partial charge in [-0.05, 0) is 12.1 Å². The highest BCUT2D eigenvalue weighted by molar-refractivity contribution is 5.52. The quantitative estimate of drug-likeness (QED) is 0.630. The fourth-order valence-electron chi connectivity index (χ4n) is 1.26. The van der Waals surface area contributed by atoms with Crippen molar-refractivity contribution in [3.8, 4) is 0 Å². The van der Waals surface area contributed by atoms with E-state index in [4.69, 9.17) is 0 Å². The third-order valence-corrected chi connectivity index (χ3v) is 1.82. The number of nitrogens with zero attached hydrogens (tertiary/aromatic N) is 3. The van der Waals surface area contributed by atoms with E-state index in [1.54, 1.807) is 0 Å². The molecule has 0 saturated carbocycles. The molecule has 0 spiro atoms. The molecule has 0 radical (unpaired) electrons. The standard InChI is InChI=1S/C9H11N3/c1-11(2)9-10-7-8-5-3-4-6-12(8)9/h3-7H,1-2H3. The number of imidazole rings is 1. The van der Waals surface area contributed by atoms with Gasteiger partial charge in [-0.3, -0.25) is 4.40 Å². The SMILES string of the molecule is CN(C)c1ncc2ccccn12. The van der Waals surface area contributed by atoms with Gasteiger partial charge in [0.25, 0.3) is 0 Å². The van der Waals surface area contributed by atoms with Crippen molar-refractivity contribution in [2.75, 3.05) is 19.0 Å². The van der Waals surface area contributed by atoms with E-state index in [2.05, 4.69) is 9.38 Å². The number of pyridine rings is 1. The van der Waals surface area contributed by atoms with Gasteiger partial charge in [-0.25, -0.2) is 4.98 Å². The van der Waals surface area contributed by atoms with Gasteiger partial charge in [0.05, 0.1) is 11.7 Å². The number of hydrogen-bond donors (Lipinski definition) is 0. The van der Waals surface area contributed by atoms with Gasteiger partial charge in [-0.1, -0.05) is 6.07 Å². The van der Waals surface area contributed by atoms with Gasteiger partial charge in [-0.15, -0.1) is 0 Å². The second-order valence-electron chi connectivity index (χ2n) is 2.95. The molecular weight excluding hydrogens is 150 g/mol. The minimum atomic E-state index is 0.964. The average molecular weight is 161 g/mol. The fraction of sp³-hybridized carbons (Fsp3) is 0.222. The van der Waals surface area contributed by atoms with Gasteiger partial charge in [0, 0.05) is 20.3 Å². The monoisotopic (exact) mass is 161 g/mol. The second-order valence-corrected chi connectivity index (χ2v) is 2.95. The van der Waals surface area contributed by atoms with Gasteiger partial charge in [0.1, 0.15) is 0 Å². The number of fused-ring (bicyclic) bond motifs is 1. The molecule has 0 amide bonds. The Labute approximate surface area is 71.3 Å². The van der Waals surface area contributed by atoms with Gasteiger partial charge < -0.3 is 4.90 Å². The zero-order valence-electron chi connectivity index (χ0n) is 7.23. The summed E-state index contributed by atoms with van der Waals surface area (Å²) in [6.07, 6.45) is 3.88. The van der Waals surface area contributed by atoms with Gasteiger partial charge in [0.15, 0.2) is 0 Å². The average Bonchev–Trinajstić information content (AvgIpc) is 2.47. The molecule has 2 aromatic heterocycles. The minimum absolute atomic E-state index is 0.964. The molecule has 0 N–H and O–H groups in total. The maximum absolute atomic E-state index is 4.28. The minimum Gasteiger partial charge on any atom is -0.348 e. The molecule has 2 heterocycles. The first-order chi connectivity index (χ1) is 5.79. The van der Waals surface area contributed by atoms with Crippen molar-refractivity contribution in [3.63, 3.8) is 0 Å². The lowest BCUT2D eigenvalue weighted by atomic mass is 10.4. The molecule has 0 aromatic carbocycles. The number of hydrogen-bond acceptors (Lipinski definition) is 2. The molecule has 2 rings (SSSR count). The zero-order chi connectivity index (χ0) is 8.55. The summed E-state index contributed by atoms with van der Waals surface area (Å²) in [4.78, 5) is 6.28. The first-order valence-corrected chi connectivity index (χ1v) is 3.88. The largest absolute Gasteiger partial charge is 0.348 e. The topological polar surface area (TPSA) is 20.5 Å². The van der Waals surface area contributed by atoms with Crippen molar-refractivity contribution >= 4 is 11.5 Å². The van der Waals surface area contributed by atoms with E-state index in [0.29, 0.717) is 0 Å².